The highest BCUT2D eigenvalue weighted by Gasteiger charge is 2.12. The zero-order valence-corrected chi connectivity index (χ0v) is 11.3. The van der Waals surface area contributed by atoms with Gasteiger partial charge in [0, 0.05) is 25.0 Å². The van der Waals surface area contributed by atoms with Crippen molar-refractivity contribution in [1.29, 1.82) is 0 Å². The van der Waals surface area contributed by atoms with Gasteiger partial charge < -0.3 is 14.8 Å². The maximum absolute atomic E-state index is 11.7. The zero-order chi connectivity index (χ0) is 14.5. The van der Waals surface area contributed by atoms with Gasteiger partial charge in [-0.05, 0) is 35.4 Å². The number of carbonyl (C=O) groups excluding carboxylic acids is 1. The molecule has 1 aromatic heterocycles. The minimum Gasteiger partial charge on any atom is -0.454 e. The van der Waals surface area contributed by atoms with E-state index in [-0.39, 0.29) is 12.7 Å². The van der Waals surface area contributed by atoms with Crippen molar-refractivity contribution in [2.45, 2.75) is 6.54 Å². The first-order valence-corrected chi connectivity index (χ1v) is 6.56. The number of hydrogen-bond acceptors (Lipinski definition) is 4. The van der Waals surface area contributed by atoms with Crippen molar-refractivity contribution in [2.75, 3.05) is 6.79 Å². The maximum atomic E-state index is 11.7. The molecule has 0 atom stereocenters. The van der Waals surface area contributed by atoms with Gasteiger partial charge in [0.05, 0.1) is 0 Å². The molecule has 2 aromatic rings. The van der Waals surface area contributed by atoms with Gasteiger partial charge in [-0.3, -0.25) is 9.78 Å². The normalized spacial score (nSPS) is 12.6. The fourth-order valence-corrected chi connectivity index (χ4v) is 1.94. The van der Waals surface area contributed by atoms with Crippen LogP contribution in [0.2, 0.25) is 0 Å². The van der Waals surface area contributed by atoms with Crippen LogP contribution in [0, 0.1) is 0 Å². The van der Waals surface area contributed by atoms with Crippen LogP contribution in [-0.4, -0.2) is 17.7 Å². The summed E-state index contributed by atoms with van der Waals surface area (Å²) in [7, 11) is 0. The third-order valence-corrected chi connectivity index (χ3v) is 3.01. The molecule has 0 saturated carbocycles. The molecule has 0 fully saturated rings. The van der Waals surface area contributed by atoms with E-state index in [2.05, 4.69) is 10.3 Å². The summed E-state index contributed by atoms with van der Waals surface area (Å²) < 4.78 is 10.5. The number of ether oxygens (including phenoxy) is 2. The smallest absolute Gasteiger partial charge is 0.244 e. The van der Waals surface area contributed by atoms with Crippen LogP contribution in [0.1, 0.15) is 11.1 Å². The second-order valence-electron chi connectivity index (χ2n) is 4.53. The van der Waals surface area contributed by atoms with Gasteiger partial charge in [0.25, 0.3) is 0 Å². The number of fused-ring (bicyclic) bond motifs is 1. The minimum absolute atomic E-state index is 0.156. The Bertz CT molecular complexity index is 668. The molecule has 0 aliphatic carbocycles. The number of pyridine rings is 1. The molecule has 2 heterocycles. The molecule has 0 spiro atoms. The summed E-state index contributed by atoms with van der Waals surface area (Å²) in [6.45, 7) is 0.701. The lowest BCUT2D eigenvalue weighted by Gasteiger charge is -2.01. The molecule has 21 heavy (non-hydrogen) atoms. The Kier molecular flexibility index (Phi) is 3.82. The average Bonchev–Trinajstić information content (AvgIpc) is 2.99. The number of rotatable bonds is 4. The number of amides is 1. The van der Waals surface area contributed by atoms with Gasteiger partial charge in [-0.25, -0.2) is 0 Å². The first-order valence-electron chi connectivity index (χ1n) is 6.56. The van der Waals surface area contributed by atoms with Crippen LogP contribution < -0.4 is 14.8 Å². The summed E-state index contributed by atoms with van der Waals surface area (Å²) in [5.74, 6) is 1.28. The van der Waals surface area contributed by atoms with Gasteiger partial charge in [-0.15, -0.1) is 0 Å². The molecule has 0 unspecified atom stereocenters. The van der Waals surface area contributed by atoms with E-state index >= 15 is 0 Å². The van der Waals surface area contributed by atoms with Crippen LogP contribution in [0.25, 0.3) is 6.08 Å². The molecule has 0 bridgehead atoms. The molecule has 106 valence electrons. The van der Waals surface area contributed by atoms with Crippen molar-refractivity contribution in [1.82, 2.24) is 10.3 Å². The Hall–Kier alpha value is -2.82. The Morgan fingerprint density at radius 1 is 1.29 bits per heavy atom. The van der Waals surface area contributed by atoms with Crippen molar-refractivity contribution in [3.8, 4) is 11.5 Å². The Labute approximate surface area is 122 Å². The topological polar surface area (TPSA) is 60.5 Å². The van der Waals surface area contributed by atoms with Gasteiger partial charge in [0.15, 0.2) is 11.5 Å². The molecule has 1 aromatic carbocycles. The van der Waals surface area contributed by atoms with E-state index in [4.69, 9.17) is 9.47 Å². The summed E-state index contributed by atoms with van der Waals surface area (Å²) in [4.78, 5) is 15.7. The SMILES string of the molecule is O=C(/C=C/c1ccc2c(c1)OCO2)NCc1cccnc1. The number of aromatic nitrogens is 1. The number of benzene rings is 1. The van der Waals surface area contributed by atoms with Crippen LogP contribution in [0.4, 0.5) is 0 Å². The fourth-order valence-electron chi connectivity index (χ4n) is 1.94. The molecule has 5 heteroatoms. The zero-order valence-electron chi connectivity index (χ0n) is 11.3. The monoisotopic (exact) mass is 282 g/mol. The van der Waals surface area contributed by atoms with Crippen molar-refractivity contribution in [3.05, 3.63) is 59.9 Å². The Morgan fingerprint density at radius 2 is 2.19 bits per heavy atom. The van der Waals surface area contributed by atoms with Crippen LogP contribution in [-0.2, 0) is 11.3 Å². The Morgan fingerprint density at radius 3 is 3.05 bits per heavy atom. The molecular formula is C16H14N2O3. The van der Waals surface area contributed by atoms with E-state index in [1.807, 2.05) is 30.3 Å². The third kappa shape index (κ3) is 3.39. The second-order valence-corrected chi connectivity index (χ2v) is 4.53. The van der Waals surface area contributed by atoms with Crippen LogP contribution in [0.15, 0.2) is 48.8 Å². The predicted molar refractivity (Wildman–Crippen MR) is 77.7 cm³/mol. The molecule has 1 aliphatic rings. The highest BCUT2D eigenvalue weighted by atomic mass is 16.7. The molecule has 1 amide bonds. The lowest BCUT2D eigenvalue weighted by Crippen LogP contribution is -2.20. The lowest BCUT2D eigenvalue weighted by molar-refractivity contribution is -0.116. The van der Waals surface area contributed by atoms with E-state index in [0.29, 0.717) is 12.3 Å². The first kappa shape index (κ1) is 13.2. The van der Waals surface area contributed by atoms with Crippen molar-refractivity contribution < 1.29 is 14.3 Å². The Balaban J connectivity index is 1.57. The predicted octanol–water partition coefficient (Wildman–Crippen LogP) is 2.14. The van der Waals surface area contributed by atoms with Crippen molar-refractivity contribution >= 4 is 12.0 Å². The highest BCUT2D eigenvalue weighted by molar-refractivity contribution is 5.91. The van der Waals surface area contributed by atoms with Gasteiger partial charge in [0.2, 0.25) is 12.7 Å². The van der Waals surface area contributed by atoms with Crippen LogP contribution in [0.5, 0.6) is 11.5 Å². The summed E-state index contributed by atoms with van der Waals surface area (Å²) in [6.07, 6.45) is 6.65. The number of hydrogen-bond donors (Lipinski definition) is 1. The molecule has 5 nitrogen and oxygen atoms in total. The summed E-state index contributed by atoms with van der Waals surface area (Å²) in [5, 5.41) is 2.80. The van der Waals surface area contributed by atoms with Crippen LogP contribution in [0.3, 0.4) is 0 Å². The number of nitrogens with one attached hydrogen (secondary N) is 1. The first-order chi connectivity index (χ1) is 10.3. The molecule has 1 N–H and O–H groups in total. The van der Waals surface area contributed by atoms with E-state index < -0.39 is 0 Å². The molecule has 1 aliphatic heterocycles. The fraction of sp³-hybridized carbons (Fsp3) is 0.125. The van der Waals surface area contributed by atoms with E-state index in [0.717, 1.165) is 16.9 Å². The van der Waals surface area contributed by atoms with Crippen LogP contribution >= 0.6 is 0 Å². The highest BCUT2D eigenvalue weighted by Crippen LogP contribution is 2.32. The van der Waals surface area contributed by atoms with Gasteiger partial charge in [-0.2, -0.15) is 0 Å². The number of nitrogens with zero attached hydrogens (tertiary/aromatic N) is 1. The molecule has 0 radical (unpaired) electrons. The summed E-state index contributed by atoms with van der Waals surface area (Å²) in [5.41, 5.74) is 1.85. The molecule has 0 saturated heterocycles. The standard InChI is InChI=1S/C16H14N2O3/c19-16(18-10-13-2-1-7-17-9-13)6-4-12-3-5-14-15(8-12)21-11-20-14/h1-9H,10-11H2,(H,18,19)/b6-4+. The quantitative estimate of drug-likeness (QED) is 0.873. The van der Waals surface area contributed by atoms with Gasteiger partial charge in [-0.1, -0.05) is 12.1 Å². The van der Waals surface area contributed by atoms with Gasteiger partial charge in [0.1, 0.15) is 0 Å². The van der Waals surface area contributed by atoms with E-state index in [1.54, 1.807) is 18.5 Å². The van der Waals surface area contributed by atoms with Crippen molar-refractivity contribution in [3.63, 3.8) is 0 Å². The van der Waals surface area contributed by atoms with E-state index in [9.17, 15) is 4.79 Å². The summed E-state index contributed by atoms with van der Waals surface area (Å²) >= 11 is 0. The minimum atomic E-state index is -0.156. The largest absolute Gasteiger partial charge is 0.454 e. The van der Waals surface area contributed by atoms with Gasteiger partial charge >= 0.3 is 0 Å². The molecule has 3 rings (SSSR count). The summed E-state index contributed by atoms with van der Waals surface area (Å²) in [6, 6.07) is 9.29. The second kappa shape index (κ2) is 6.09. The van der Waals surface area contributed by atoms with E-state index in [1.165, 1.54) is 6.08 Å². The van der Waals surface area contributed by atoms with Crippen molar-refractivity contribution in [2.24, 2.45) is 0 Å². The third-order valence-electron chi connectivity index (χ3n) is 3.01. The maximum Gasteiger partial charge on any atom is 0.244 e. The number of carbonyl (C=O) groups is 1. The molecular weight excluding hydrogens is 268 g/mol. The average molecular weight is 282 g/mol. The lowest BCUT2D eigenvalue weighted by atomic mass is 10.2.